The van der Waals surface area contributed by atoms with Crippen LogP contribution in [0.4, 0.5) is 4.39 Å². The third-order valence-corrected chi connectivity index (χ3v) is 4.59. The smallest absolute Gasteiger partial charge is 0.251 e. The molecule has 2 aromatic carbocycles. The maximum absolute atomic E-state index is 15.1. The monoisotopic (exact) mass is 327 g/mol. The van der Waals surface area contributed by atoms with Gasteiger partial charge in [0.15, 0.2) is 0 Å². The van der Waals surface area contributed by atoms with Gasteiger partial charge in [-0.2, -0.15) is 0 Å². The molecule has 0 radical (unpaired) electrons. The van der Waals surface area contributed by atoms with Crippen molar-refractivity contribution in [2.24, 2.45) is 5.73 Å². The molecule has 2 aromatic rings. The van der Waals surface area contributed by atoms with E-state index >= 15 is 4.39 Å². The second-order valence-electron chi connectivity index (χ2n) is 6.22. The van der Waals surface area contributed by atoms with Gasteiger partial charge in [-0.25, -0.2) is 4.39 Å². The van der Waals surface area contributed by atoms with Crippen molar-refractivity contribution < 1.29 is 9.18 Å². The average Bonchev–Trinajstić information content (AvgIpc) is 2.59. The fourth-order valence-electron chi connectivity index (χ4n) is 3.24. The second-order valence-corrected chi connectivity index (χ2v) is 6.22. The van der Waals surface area contributed by atoms with Crippen LogP contribution in [0, 0.1) is 5.82 Å². The van der Waals surface area contributed by atoms with E-state index in [4.69, 9.17) is 5.73 Å². The highest BCUT2D eigenvalue weighted by atomic mass is 19.1. The standard InChI is InChI=1S/C21H26FNO/c1-3-5-7-10-15(4-2)17-13-14-18(21(23)24)20(22)19(17)16-11-8-6-9-12-16/h6,8-9,11-15H,3-5,7,10H2,1-2H3,(H2,23,24). The number of unbranched alkanes of at least 4 members (excludes halogenated alkanes) is 2. The zero-order valence-electron chi connectivity index (χ0n) is 14.5. The molecule has 0 heterocycles. The predicted molar refractivity (Wildman–Crippen MR) is 97.5 cm³/mol. The highest BCUT2D eigenvalue weighted by Crippen LogP contribution is 2.37. The van der Waals surface area contributed by atoms with Gasteiger partial charge in [-0.15, -0.1) is 0 Å². The van der Waals surface area contributed by atoms with Gasteiger partial charge in [-0.05, 0) is 36.0 Å². The first-order valence-electron chi connectivity index (χ1n) is 8.77. The Kier molecular flexibility index (Phi) is 6.53. The Hall–Kier alpha value is -2.16. The SMILES string of the molecule is CCCCCC(CC)c1ccc(C(N)=O)c(F)c1-c1ccccc1. The van der Waals surface area contributed by atoms with Crippen molar-refractivity contribution in [3.8, 4) is 11.1 Å². The minimum absolute atomic E-state index is 0.0407. The van der Waals surface area contributed by atoms with Gasteiger partial charge in [0.25, 0.3) is 5.91 Å². The number of hydrogen-bond donors (Lipinski definition) is 1. The van der Waals surface area contributed by atoms with Gasteiger partial charge in [0.2, 0.25) is 0 Å². The second kappa shape index (κ2) is 8.62. The Morgan fingerprint density at radius 2 is 1.79 bits per heavy atom. The quantitative estimate of drug-likeness (QED) is 0.624. The van der Waals surface area contributed by atoms with Crippen molar-refractivity contribution in [1.82, 2.24) is 0 Å². The van der Waals surface area contributed by atoms with Crippen molar-refractivity contribution >= 4 is 5.91 Å². The van der Waals surface area contributed by atoms with Crippen LogP contribution in [-0.4, -0.2) is 5.91 Å². The fourth-order valence-corrected chi connectivity index (χ4v) is 3.24. The summed E-state index contributed by atoms with van der Waals surface area (Å²) in [5, 5.41) is 0. The predicted octanol–water partition coefficient (Wildman–Crippen LogP) is 5.67. The van der Waals surface area contributed by atoms with E-state index < -0.39 is 11.7 Å². The van der Waals surface area contributed by atoms with Gasteiger partial charge in [-0.1, -0.05) is 69.5 Å². The third-order valence-electron chi connectivity index (χ3n) is 4.59. The molecule has 0 saturated carbocycles. The Bertz CT molecular complexity index is 682. The average molecular weight is 327 g/mol. The molecule has 24 heavy (non-hydrogen) atoms. The van der Waals surface area contributed by atoms with Crippen molar-refractivity contribution in [3.05, 3.63) is 59.4 Å². The zero-order valence-corrected chi connectivity index (χ0v) is 14.5. The van der Waals surface area contributed by atoms with E-state index in [2.05, 4.69) is 13.8 Å². The van der Waals surface area contributed by atoms with Crippen molar-refractivity contribution in [3.63, 3.8) is 0 Å². The van der Waals surface area contributed by atoms with Gasteiger partial charge < -0.3 is 5.73 Å². The van der Waals surface area contributed by atoms with Crippen LogP contribution in [0.15, 0.2) is 42.5 Å². The lowest BCUT2D eigenvalue weighted by molar-refractivity contribution is 0.0996. The Morgan fingerprint density at radius 1 is 1.08 bits per heavy atom. The summed E-state index contributed by atoms with van der Waals surface area (Å²) in [6.07, 6.45) is 5.44. The van der Waals surface area contributed by atoms with Crippen LogP contribution in [0.25, 0.3) is 11.1 Å². The minimum atomic E-state index is -0.727. The molecule has 0 aromatic heterocycles. The van der Waals surface area contributed by atoms with E-state index in [0.717, 1.165) is 36.8 Å². The summed E-state index contributed by atoms with van der Waals surface area (Å²) in [7, 11) is 0. The first-order valence-corrected chi connectivity index (χ1v) is 8.77. The number of nitrogens with two attached hydrogens (primary N) is 1. The number of primary amides is 1. The molecule has 2 nitrogen and oxygen atoms in total. The van der Waals surface area contributed by atoms with Crippen LogP contribution >= 0.6 is 0 Å². The summed E-state index contributed by atoms with van der Waals surface area (Å²) in [5.41, 5.74) is 7.59. The number of rotatable bonds is 8. The first kappa shape index (κ1) is 18.2. The number of hydrogen-bond acceptors (Lipinski definition) is 1. The molecule has 1 unspecified atom stereocenters. The highest BCUT2D eigenvalue weighted by molar-refractivity contribution is 5.95. The summed E-state index contributed by atoms with van der Waals surface area (Å²) in [5.74, 6) is -0.946. The molecule has 0 fully saturated rings. The third kappa shape index (κ3) is 4.02. The molecule has 0 aliphatic heterocycles. The van der Waals surface area contributed by atoms with E-state index in [1.165, 1.54) is 12.5 Å². The van der Waals surface area contributed by atoms with Gasteiger partial charge in [0.1, 0.15) is 5.82 Å². The molecule has 1 atom stereocenters. The molecule has 0 saturated heterocycles. The lowest BCUT2D eigenvalue weighted by Gasteiger charge is -2.21. The normalized spacial score (nSPS) is 12.1. The minimum Gasteiger partial charge on any atom is -0.366 e. The molecule has 2 N–H and O–H groups in total. The maximum Gasteiger partial charge on any atom is 0.251 e. The maximum atomic E-state index is 15.1. The van der Waals surface area contributed by atoms with Crippen LogP contribution in [0.1, 0.15) is 67.8 Å². The van der Waals surface area contributed by atoms with Gasteiger partial charge in [0, 0.05) is 5.56 Å². The van der Waals surface area contributed by atoms with E-state index in [9.17, 15) is 4.79 Å². The molecule has 3 heteroatoms. The number of carbonyl (C=O) groups excluding carboxylic acids is 1. The molecular weight excluding hydrogens is 301 g/mol. The zero-order chi connectivity index (χ0) is 17.5. The van der Waals surface area contributed by atoms with Crippen molar-refractivity contribution in [2.45, 2.75) is 51.9 Å². The van der Waals surface area contributed by atoms with E-state index in [0.29, 0.717) is 5.56 Å². The molecular formula is C21H26FNO. The molecule has 0 spiro atoms. The van der Waals surface area contributed by atoms with Crippen LogP contribution < -0.4 is 5.73 Å². The van der Waals surface area contributed by atoms with E-state index in [1.54, 1.807) is 0 Å². The van der Waals surface area contributed by atoms with Gasteiger partial charge in [0.05, 0.1) is 5.56 Å². The van der Waals surface area contributed by atoms with Crippen LogP contribution in [0.5, 0.6) is 0 Å². The number of carbonyl (C=O) groups is 1. The van der Waals surface area contributed by atoms with Crippen molar-refractivity contribution in [2.75, 3.05) is 0 Å². The fraction of sp³-hybridized carbons (Fsp3) is 0.381. The summed E-state index contributed by atoms with van der Waals surface area (Å²) in [4.78, 5) is 11.5. The summed E-state index contributed by atoms with van der Waals surface area (Å²) >= 11 is 0. The summed E-state index contributed by atoms with van der Waals surface area (Å²) in [6, 6.07) is 12.8. The van der Waals surface area contributed by atoms with Gasteiger partial charge >= 0.3 is 0 Å². The van der Waals surface area contributed by atoms with Gasteiger partial charge in [-0.3, -0.25) is 4.79 Å². The number of amides is 1. The van der Waals surface area contributed by atoms with Crippen LogP contribution in [0.2, 0.25) is 0 Å². The Labute approximate surface area is 143 Å². The largest absolute Gasteiger partial charge is 0.366 e. The topological polar surface area (TPSA) is 43.1 Å². The van der Waals surface area contributed by atoms with E-state index in [-0.39, 0.29) is 11.5 Å². The highest BCUT2D eigenvalue weighted by Gasteiger charge is 2.22. The van der Waals surface area contributed by atoms with E-state index in [1.807, 2.05) is 36.4 Å². The lowest BCUT2D eigenvalue weighted by atomic mass is 9.84. The molecule has 0 aliphatic carbocycles. The molecule has 0 bridgehead atoms. The lowest BCUT2D eigenvalue weighted by Crippen LogP contribution is -2.15. The molecule has 1 amide bonds. The van der Waals surface area contributed by atoms with Crippen LogP contribution in [-0.2, 0) is 0 Å². The number of benzene rings is 2. The summed E-state index contributed by atoms with van der Waals surface area (Å²) < 4.78 is 15.1. The Morgan fingerprint density at radius 3 is 2.38 bits per heavy atom. The molecule has 2 rings (SSSR count). The number of halogens is 1. The van der Waals surface area contributed by atoms with Crippen LogP contribution in [0.3, 0.4) is 0 Å². The summed E-state index contributed by atoms with van der Waals surface area (Å²) in [6.45, 7) is 4.31. The molecule has 128 valence electrons. The molecule has 0 aliphatic rings. The Balaban J connectivity index is 2.54. The first-order chi connectivity index (χ1) is 11.6. The van der Waals surface area contributed by atoms with Crippen molar-refractivity contribution in [1.29, 1.82) is 0 Å².